The van der Waals surface area contributed by atoms with Gasteiger partial charge in [0.25, 0.3) is 16.8 Å². The summed E-state index contributed by atoms with van der Waals surface area (Å²) in [4.78, 5) is 38.4. The van der Waals surface area contributed by atoms with Crippen molar-refractivity contribution in [2.75, 3.05) is 37.9 Å². The number of rotatable bonds is 7. The molecule has 1 atom stereocenters. The molecule has 0 radical (unpaired) electrons. The van der Waals surface area contributed by atoms with Crippen molar-refractivity contribution in [2.24, 2.45) is 5.41 Å². The molecule has 9 heteroatoms. The third-order valence-corrected chi connectivity index (χ3v) is 5.74. The van der Waals surface area contributed by atoms with Crippen LogP contribution in [0.5, 0.6) is 5.75 Å². The van der Waals surface area contributed by atoms with Crippen LogP contribution >= 0.6 is 0 Å². The zero-order chi connectivity index (χ0) is 25.2. The number of aromatic hydroxyl groups is 1. The Morgan fingerprint density at radius 1 is 1.09 bits per heavy atom. The van der Waals surface area contributed by atoms with Gasteiger partial charge in [0.1, 0.15) is 22.9 Å². The number of amides is 1. The summed E-state index contributed by atoms with van der Waals surface area (Å²) in [6.45, 7) is 8.78. The highest BCUT2D eigenvalue weighted by atomic mass is 16.5. The van der Waals surface area contributed by atoms with Crippen LogP contribution in [0.25, 0.3) is 0 Å². The van der Waals surface area contributed by atoms with Gasteiger partial charge in [0.2, 0.25) is 0 Å². The van der Waals surface area contributed by atoms with Crippen LogP contribution in [-0.2, 0) is 4.74 Å². The molecule has 2 heterocycles. The summed E-state index contributed by atoms with van der Waals surface area (Å²) in [6, 6.07) is 7.85. The van der Waals surface area contributed by atoms with E-state index in [-0.39, 0.29) is 39.7 Å². The molecule has 0 saturated carbocycles. The van der Waals surface area contributed by atoms with Crippen molar-refractivity contribution < 1.29 is 19.1 Å². The number of furan rings is 1. The van der Waals surface area contributed by atoms with Crippen LogP contribution in [0.15, 0.2) is 44.3 Å². The maximum absolute atomic E-state index is 12.4. The molecule has 1 aliphatic rings. The Morgan fingerprint density at radius 3 is 2.26 bits per heavy atom. The van der Waals surface area contributed by atoms with Crippen molar-refractivity contribution in [3.8, 4) is 5.75 Å². The largest absolute Gasteiger partial charge is 0.505 e. The number of carbonyl (C=O) groups is 1. The van der Waals surface area contributed by atoms with Crippen LogP contribution in [-0.4, -0.2) is 43.2 Å². The molecule has 4 rings (SSSR count). The fourth-order valence-corrected chi connectivity index (χ4v) is 3.77. The Morgan fingerprint density at radius 2 is 1.74 bits per heavy atom. The van der Waals surface area contributed by atoms with E-state index >= 15 is 0 Å². The summed E-state index contributed by atoms with van der Waals surface area (Å²) in [5.74, 6) is 0.670. The van der Waals surface area contributed by atoms with Crippen LogP contribution in [0.4, 0.5) is 17.1 Å². The number of anilines is 3. The van der Waals surface area contributed by atoms with Crippen molar-refractivity contribution in [1.29, 1.82) is 0 Å². The monoisotopic (exact) mass is 469 g/mol. The lowest BCUT2D eigenvalue weighted by atomic mass is 9.79. The molecule has 1 amide bonds. The first-order chi connectivity index (χ1) is 16.1. The van der Waals surface area contributed by atoms with Crippen molar-refractivity contribution >= 4 is 23.0 Å². The predicted octanol–water partition coefficient (Wildman–Crippen LogP) is 3.55. The number of carbonyl (C=O) groups excluding carboxylic acids is 1. The molecule has 34 heavy (non-hydrogen) atoms. The molecule has 1 unspecified atom stereocenters. The van der Waals surface area contributed by atoms with Gasteiger partial charge in [0.15, 0.2) is 5.75 Å². The summed E-state index contributed by atoms with van der Waals surface area (Å²) in [7, 11) is 3.14. The molecule has 182 valence electrons. The SMILES string of the molecule is CC.Cc1ccc(C(Nc2c(Nc3cccc(C(=O)N(C)C)c3O)c(=O)c2=O)C2(C)COC2)o1. The predicted molar refractivity (Wildman–Crippen MR) is 131 cm³/mol. The molecular formula is C25H31N3O6. The van der Waals surface area contributed by atoms with Crippen molar-refractivity contribution in [2.45, 2.75) is 33.7 Å². The fraction of sp³-hybridized carbons (Fsp3) is 0.400. The van der Waals surface area contributed by atoms with Crippen molar-refractivity contribution in [3.63, 3.8) is 0 Å². The Kier molecular flexibility index (Phi) is 7.16. The third-order valence-electron chi connectivity index (χ3n) is 5.74. The van der Waals surface area contributed by atoms with Crippen LogP contribution < -0.4 is 21.5 Å². The molecule has 1 aliphatic heterocycles. The minimum atomic E-state index is -0.708. The maximum atomic E-state index is 12.4. The number of nitrogens with one attached hydrogen (secondary N) is 2. The van der Waals surface area contributed by atoms with Gasteiger partial charge in [-0.1, -0.05) is 26.8 Å². The van der Waals surface area contributed by atoms with E-state index in [2.05, 4.69) is 10.6 Å². The van der Waals surface area contributed by atoms with Gasteiger partial charge in [0, 0.05) is 19.5 Å². The van der Waals surface area contributed by atoms with E-state index in [9.17, 15) is 19.5 Å². The first kappa shape index (κ1) is 25.0. The normalized spacial score (nSPS) is 15.0. The molecule has 1 aromatic heterocycles. The fourth-order valence-electron chi connectivity index (χ4n) is 3.77. The molecule has 0 spiro atoms. The van der Waals surface area contributed by atoms with E-state index in [1.807, 2.05) is 39.8 Å². The van der Waals surface area contributed by atoms with Crippen molar-refractivity contribution in [1.82, 2.24) is 4.90 Å². The van der Waals surface area contributed by atoms with Gasteiger partial charge in [-0.25, -0.2) is 0 Å². The molecule has 3 N–H and O–H groups in total. The van der Waals surface area contributed by atoms with E-state index in [1.165, 1.54) is 17.0 Å². The number of phenols is 1. The second kappa shape index (κ2) is 9.72. The molecule has 1 fully saturated rings. The van der Waals surface area contributed by atoms with Gasteiger partial charge >= 0.3 is 0 Å². The van der Waals surface area contributed by atoms with E-state index in [1.54, 1.807) is 20.2 Å². The van der Waals surface area contributed by atoms with Crippen LogP contribution in [0.2, 0.25) is 0 Å². The van der Waals surface area contributed by atoms with E-state index in [0.717, 1.165) is 5.76 Å². The molecular weight excluding hydrogens is 438 g/mol. The number of aryl methyl sites for hydroxylation is 1. The standard InChI is InChI=1S/C23H25N3O6.C2H6/c1-12-8-9-15(32-12)21(23(2)10-31-11-23)25-17-16(19(28)20(17)29)24-14-7-5-6-13(18(14)27)22(30)26(3)4;1-2/h5-9,21,24-25,27H,10-11H2,1-4H3;1-2H3. The van der Waals surface area contributed by atoms with Gasteiger partial charge in [-0.15, -0.1) is 0 Å². The van der Waals surface area contributed by atoms with Crippen LogP contribution in [0, 0.1) is 12.3 Å². The summed E-state index contributed by atoms with van der Waals surface area (Å²) in [6.07, 6.45) is 0. The van der Waals surface area contributed by atoms with Crippen LogP contribution in [0.3, 0.4) is 0 Å². The lowest BCUT2D eigenvalue weighted by molar-refractivity contribution is -0.115. The van der Waals surface area contributed by atoms with Gasteiger partial charge in [-0.05, 0) is 31.2 Å². The summed E-state index contributed by atoms with van der Waals surface area (Å²) < 4.78 is 11.2. The number of benzene rings is 1. The average Bonchev–Trinajstić information content (AvgIpc) is 3.24. The minimum Gasteiger partial charge on any atom is -0.505 e. The lowest BCUT2D eigenvalue weighted by Crippen LogP contribution is -2.49. The molecule has 0 bridgehead atoms. The quantitative estimate of drug-likeness (QED) is 0.355. The molecule has 2 aromatic carbocycles. The Labute approximate surface area is 198 Å². The topological polar surface area (TPSA) is 121 Å². The number of ether oxygens (including phenoxy) is 1. The third kappa shape index (κ3) is 4.43. The number of hydrogen-bond donors (Lipinski definition) is 3. The van der Waals surface area contributed by atoms with Gasteiger partial charge < -0.3 is 29.8 Å². The number of hydrogen-bond acceptors (Lipinski definition) is 8. The van der Waals surface area contributed by atoms with E-state index < -0.39 is 16.9 Å². The zero-order valence-electron chi connectivity index (χ0n) is 20.3. The summed E-state index contributed by atoms with van der Waals surface area (Å²) in [5.41, 5.74) is -1.35. The lowest BCUT2D eigenvalue weighted by Gasteiger charge is -2.44. The van der Waals surface area contributed by atoms with Gasteiger partial charge in [-0.3, -0.25) is 14.4 Å². The zero-order valence-corrected chi connectivity index (χ0v) is 20.3. The van der Waals surface area contributed by atoms with E-state index in [0.29, 0.717) is 19.0 Å². The molecule has 0 aliphatic carbocycles. The Bertz CT molecular complexity index is 1250. The minimum absolute atomic E-state index is 0.0249. The number of para-hydroxylation sites is 1. The Balaban J connectivity index is 0.00000158. The molecule has 9 nitrogen and oxygen atoms in total. The molecule has 1 saturated heterocycles. The summed E-state index contributed by atoms with van der Waals surface area (Å²) >= 11 is 0. The van der Waals surface area contributed by atoms with Gasteiger partial charge in [-0.2, -0.15) is 0 Å². The van der Waals surface area contributed by atoms with Crippen molar-refractivity contribution in [3.05, 3.63) is 67.9 Å². The van der Waals surface area contributed by atoms with Crippen LogP contribution in [0.1, 0.15) is 48.7 Å². The Hall–Kier alpha value is -3.59. The number of phenolic OH excluding ortho intramolecular Hbond substituents is 1. The second-order valence-electron chi connectivity index (χ2n) is 8.61. The van der Waals surface area contributed by atoms with E-state index in [4.69, 9.17) is 9.15 Å². The summed E-state index contributed by atoms with van der Waals surface area (Å²) in [5, 5.41) is 16.6. The highest BCUT2D eigenvalue weighted by Gasteiger charge is 2.45. The number of nitrogens with zero attached hydrogens (tertiary/aromatic N) is 1. The first-order valence-corrected chi connectivity index (χ1v) is 11.2. The molecule has 3 aromatic rings. The smallest absolute Gasteiger partial charge is 0.257 e. The average molecular weight is 470 g/mol. The maximum Gasteiger partial charge on any atom is 0.257 e. The van der Waals surface area contributed by atoms with Gasteiger partial charge in [0.05, 0.1) is 30.5 Å². The second-order valence-corrected chi connectivity index (χ2v) is 8.61. The highest BCUT2D eigenvalue weighted by molar-refractivity contribution is 5.99. The first-order valence-electron chi connectivity index (χ1n) is 11.2. The highest BCUT2D eigenvalue weighted by Crippen LogP contribution is 2.43.